The number of oxime groups is 1. The third-order valence-electron chi connectivity index (χ3n) is 3.14. The summed E-state index contributed by atoms with van der Waals surface area (Å²) >= 11 is 0. The van der Waals surface area contributed by atoms with Gasteiger partial charge in [-0.05, 0) is 24.3 Å². The number of anilines is 1. The molecule has 2 aromatic carbocycles. The van der Waals surface area contributed by atoms with E-state index in [2.05, 4.69) is 10.5 Å². The Hall–Kier alpha value is -3.02. The molecular weight excluding hydrogens is 270 g/mol. The van der Waals surface area contributed by atoms with Gasteiger partial charge in [0.15, 0.2) is 5.84 Å². The van der Waals surface area contributed by atoms with Crippen LogP contribution < -0.4 is 11.1 Å². The quantitative estimate of drug-likeness (QED) is 0.748. The molecule has 1 heterocycles. The molecule has 0 aliphatic carbocycles. The molecule has 0 spiro atoms. The lowest BCUT2D eigenvalue weighted by atomic mass is 10.1. The van der Waals surface area contributed by atoms with Crippen molar-refractivity contribution >= 4 is 17.5 Å². The van der Waals surface area contributed by atoms with Gasteiger partial charge in [-0.2, -0.15) is 0 Å². The van der Waals surface area contributed by atoms with Crippen LogP contribution in [-0.4, -0.2) is 16.9 Å². The van der Waals surface area contributed by atoms with Gasteiger partial charge < -0.3 is 21.0 Å². The molecule has 0 radical (unpaired) electrons. The summed E-state index contributed by atoms with van der Waals surface area (Å²) in [5.41, 5.74) is 8.06. The maximum Gasteiger partial charge on any atom is 0.335 e. The van der Waals surface area contributed by atoms with E-state index in [9.17, 15) is 4.79 Å². The molecule has 0 saturated heterocycles. The zero-order valence-corrected chi connectivity index (χ0v) is 11.0. The third-order valence-corrected chi connectivity index (χ3v) is 3.14. The first-order chi connectivity index (χ1) is 10.1. The van der Waals surface area contributed by atoms with Crippen LogP contribution in [0.3, 0.4) is 0 Å². The van der Waals surface area contributed by atoms with Gasteiger partial charge in [0.05, 0.1) is 5.56 Å². The summed E-state index contributed by atoms with van der Waals surface area (Å²) in [5, 5.41) is 16.1. The van der Waals surface area contributed by atoms with E-state index in [1.54, 1.807) is 30.3 Å². The molecule has 0 aromatic heterocycles. The van der Waals surface area contributed by atoms with Crippen LogP contribution in [0.1, 0.15) is 27.7 Å². The minimum Gasteiger partial charge on any atom is -0.478 e. The molecule has 21 heavy (non-hydrogen) atoms. The van der Waals surface area contributed by atoms with Gasteiger partial charge >= 0.3 is 5.97 Å². The summed E-state index contributed by atoms with van der Waals surface area (Å²) in [6, 6.07) is 13.8. The fourth-order valence-electron chi connectivity index (χ4n) is 2.03. The molecule has 3 rings (SSSR count). The van der Waals surface area contributed by atoms with Gasteiger partial charge in [0, 0.05) is 16.8 Å². The molecule has 0 saturated carbocycles. The minimum absolute atomic E-state index is 0.202. The Morgan fingerprint density at radius 1 is 1.24 bits per heavy atom. The van der Waals surface area contributed by atoms with Crippen molar-refractivity contribution in [2.75, 3.05) is 5.73 Å². The van der Waals surface area contributed by atoms with Crippen LogP contribution in [0.15, 0.2) is 53.7 Å². The molecule has 0 fully saturated rings. The van der Waals surface area contributed by atoms with Crippen molar-refractivity contribution in [2.45, 2.75) is 6.23 Å². The van der Waals surface area contributed by atoms with Gasteiger partial charge in [-0.1, -0.05) is 29.4 Å². The van der Waals surface area contributed by atoms with Crippen molar-refractivity contribution in [3.8, 4) is 0 Å². The fraction of sp³-hybridized carbons (Fsp3) is 0.0667. The van der Waals surface area contributed by atoms with Gasteiger partial charge in [0.1, 0.15) is 0 Å². The number of amidine groups is 1. The number of carboxylic acids is 1. The van der Waals surface area contributed by atoms with Crippen molar-refractivity contribution in [1.29, 1.82) is 0 Å². The van der Waals surface area contributed by atoms with E-state index >= 15 is 0 Å². The van der Waals surface area contributed by atoms with Gasteiger partial charge in [-0.3, -0.25) is 0 Å². The number of nitrogens with zero attached hydrogens (tertiary/aromatic N) is 1. The molecule has 0 amide bonds. The zero-order valence-electron chi connectivity index (χ0n) is 11.0. The average Bonchev–Trinajstić information content (AvgIpc) is 2.98. The number of benzene rings is 2. The number of carboxylic acid groups (broad SMARTS) is 1. The summed E-state index contributed by atoms with van der Waals surface area (Å²) in [5.74, 6) is -0.480. The first-order valence-electron chi connectivity index (χ1n) is 6.33. The number of hydrogen-bond donors (Lipinski definition) is 3. The fourth-order valence-corrected chi connectivity index (χ4v) is 2.03. The molecule has 106 valence electrons. The molecular formula is C15H13N3O3. The highest BCUT2D eigenvalue weighted by atomic mass is 16.7. The van der Waals surface area contributed by atoms with Crippen LogP contribution in [0.5, 0.6) is 0 Å². The smallest absolute Gasteiger partial charge is 0.335 e. The predicted octanol–water partition coefficient (Wildman–Crippen LogP) is 1.95. The van der Waals surface area contributed by atoms with Crippen LogP contribution in [0.4, 0.5) is 5.69 Å². The lowest BCUT2D eigenvalue weighted by Gasteiger charge is -2.10. The highest BCUT2D eigenvalue weighted by Crippen LogP contribution is 2.22. The molecule has 6 heteroatoms. The van der Waals surface area contributed by atoms with Gasteiger partial charge in [0.25, 0.3) is 0 Å². The summed E-state index contributed by atoms with van der Waals surface area (Å²) in [6.45, 7) is 0. The Labute approximate surface area is 120 Å². The molecule has 6 nitrogen and oxygen atoms in total. The molecule has 2 aromatic rings. The van der Waals surface area contributed by atoms with E-state index in [0.29, 0.717) is 17.1 Å². The average molecular weight is 283 g/mol. The van der Waals surface area contributed by atoms with Gasteiger partial charge in [-0.25, -0.2) is 4.79 Å². The molecule has 0 bridgehead atoms. The normalized spacial score (nSPS) is 16.8. The van der Waals surface area contributed by atoms with Crippen molar-refractivity contribution in [1.82, 2.24) is 5.32 Å². The Bertz CT molecular complexity index is 710. The van der Waals surface area contributed by atoms with Crippen molar-refractivity contribution in [2.24, 2.45) is 5.16 Å². The van der Waals surface area contributed by atoms with Crippen LogP contribution >= 0.6 is 0 Å². The number of aromatic carboxylic acids is 1. The SMILES string of the molecule is Nc1ccc(C2NC(c3cccc(C(=O)O)c3)=NO2)cc1. The first kappa shape index (κ1) is 13.0. The van der Waals surface area contributed by atoms with E-state index in [-0.39, 0.29) is 5.56 Å². The number of nitrogens with two attached hydrogens (primary N) is 1. The van der Waals surface area contributed by atoms with E-state index in [1.807, 2.05) is 12.1 Å². The molecule has 1 aliphatic heterocycles. The molecule has 1 aliphatic rings. The largest absolute Gasteiger partial charge is 0.478 e. The molecule has 1 unspecified atom stereocenters. The van der Waals surface area contributed by atoms with E-state index < -0.39 is 12.2 Å². The van der Waals surface area contributed by atoms with Crippen LogP contribution in [0.2, 0.25) is 0 Å². The lowest BCUT2D eigenvalue weighted by Crippen LogP contribution is -2.23. The summed E-state index contributed by atoms with van der Waals surface area (Å²) in [7, 11) is 0. The second-order valence-corrected chi connectivity index (χ2v) is 4.62. The molecule has 1 atom stereocenters. The second-order valence-electron chi connectivity index (χ2n) is 4.62. The summed E-state index contributed by atoms with van der Waals surface area (Å²) in [6.07, 6.45) is -0.408. The Kier molecular flexibility index (Phi) is 3.19. The topological polar surface area (TPSA) is 96.9 Å². The minimum atomic E-state index is -0.980. The lowest BCUT2D eigenvalue weighted by molar-refractivity contribution is 0.0696. The van der Waals surface area contributed by atoms with Crippen molar-refractivity contribution in [3.05, 3.63) is 65.2 Å². The number of rotatable bonds is 3. The predicted molar refractivity (Wildman–Crippen MR) is 77.8 cm³/mol. The van der Waals surface area contributed by atoms with E-state index in [1.165, 1.54) is 6.07 Å². The van der Waals surface area contributed by atoms with Gasteiger partial charge in [-0.15, -0.1) is 0 Å². The highest BCUT2D eigenvalue weighted by Gasteiger charge is 2.22. The van der Waals surface area contributed by atoms with E-state index in [4.69, 9.17) is 15.7 Å². The Morgan fingerprint density at radius 2 is 2.00 bits per heavy atom. The third kappa shape index (κ3) is 2.64. The maximum atomic E-state index is 11.0. The monoisotopic (exact) mass is 283 g/mol. The summed E-state index contributed by atoms with van der Waals surface area (Å²) < 4.78 is 0. The maximum absolute atomic E-state index is 11.0. The molecule has 4 N–H and O–H groups in total. The van der Waals surface area contributed by atoms with Gasteiger partial charge in [0.2, 0.25) is 6.23 Å². The Balaban J connectivity index is 1.79. The number of hydrogen-bond acceptors (Lipinski definition) is 5. The number of nitrogens with one attached hydrogen (secondary N) is 1. The zero-order chi connectivity index (χ0) is 14.8. The second kappa shape index (κ2) is 5.16. The number of nitrogen functional groups attached to an aromatic ring is 1. The van der Waals surface area contributed by atoms with Crippen molar-refractivity contribution < 1.29 is 14.7 Å². The standard InChI is InChI=1S/C15H13N3O3/c16-12-6-4-9(5-7-12)14-17-13(18-21-14)10-2-1-3-11(8-10)15(19)20/h1-8,14H,16H2,(H,17,18)(H,19,20). The van der Waals surface area contributed by atoms with E-state index in [0.717, 1.165) is 5.56 Å². The van der Waals surface area contributed by atoms with Crippen LogP contribution in [-0.2, 0) is 4.84 Å². The highest BCUT2D eigenvalue weighted by molar-refractivity contribution is 6.01. The van der Waals surface area contributed by atoms with Crippen LogP contribution in [0.25, 0.3) is 0 Å². The number of carbonyl (C=O) groups is 1. The Morgan fingerprint density at radius 3 is 2.71 bits per heavy atom. The first-order valence-corrected chi connectivity index (χ1v) is 6.33. The van der Waals surface area contributed by atoms with Crippen molar-refractivity contribution in [3.63, 3.8) is 0 Å². The summed E-state index contributed by atoms with van der Waals surface area (Å²) in [4.78, 5) is 16.3. The van der Waals surface area contributed by atoms with Crippen LogP contribution in [0, 0.1) is 0 Å².